The Kier molecular flexibility index (Phi) is 7.17. The summed E-state index contributed by atoms with van der Waals surface area (Å²) in [6, 6.07) is 11.5. The molecule has 160 valence electrons. The fraction of sp³-hybridized carbons (Fsp3) is 0.391. The van der Waals surface area contributed by atoms with E-state index >= 15 is 0 Å². The quantitative estimate of drug-likeness (QED) is 0.763. The maximum absolute atomic E-state index is 12.5. The van der Waals surface area contributed by atoms with Crippen LogP contribution in [0.2, 0.25) is 0 Å². The Labute approximate surface area is 177 Å². The number of benzene rings is 2. The van der Waals surface area contributed by atoms with Crippen molar-refractivity contribution in [2.75, 3.05) is 32.1 Å². The lowest BCUT2D eigenvalue weighted by Gasteiger charge is -2.20. The summed E-state index contributed by atoms with van der Waals surface area (Å²) >= 11 is 0. The number of carbonyl (C=O) groups excluding carboxylic acids is 2. The number of amides is 3. The average Bonchev–Trinajstić information content (AvgIpc) is 2.94. The van der Waals surface area contributed by atoms with E-state index in [1.54, 1.807) is 12.0 Å². The highest BCUT2D eigenvalue weighted by molar-refractivity contribution is 5.92. The first-order valence-electron chi connectivity index (χ1n) is 10.2. The summed E-state index contributed by atoms with van der Waals surface area (Å²) in [4.78, 5) is 26.4. The Hall–Kier alpha value is -3.22. The van der Waals surface area contributed by atoms with Crippen molar-refractivity contribution in [3.05, 3.63) is 53.1 Å². The summed E-state index contributed by atoms with van der Waals surface area (Å²) in [6.07, 6.45) is 0.936. The van der Waals surface area contributed by atoms with Gasteiger partial charge >= 0.3 is 6.03 Å². The number of fused-ring (bicyclic) bond motifs is 1. The molecular weight excluding hydrogens is 382 g/mol. The van der Waals surface area contributed by atoms with Crippen LogP contribution in [-0.4, -0.2) is 43.6 Å². The van der Waals surface area contributed by atoms with Gasteiger partial charge in [-0.05, 0) is 49.6 Å². The molecule has 2 aromatic rings. The molecule has 0 aliphatic carbocycles. The Morgan fingerprint density at radius 3 is 2.80 bits per heavy atom. The number of aryl methyl sites for hydroxylation is 2. The molecule has 0 radical (unpaired) electrons. The first kappa shape index (κ1) is 21.5. The molecule has 2 aromatic carbocycles. The summed E-state index contributed by atoms with van der Waals surface area (Å²) in [6.45, 7) is 5.94. The van der Waals surface area contributed by atoms with Crippen LogP contribution in [-0.2, 0) is 17.8 Å². The smallest absolute Gasteiger partial charge is 0.317 e. The second kappa shape index (κ2) is 10.0. The molecule has 0 fully saturated rings. The van der Waals surface area contributed by atoms with E-state index in [4.69, 9.17) is 9.47 Å². The van der Waals surface area contributed by atoms with Crippen LogP contribution in [0, 0.1) is 6.92 Å². The molecule has 7 heteroatoms. The zero-order valence-electron chi connectivity index (χ0n) is 17.8. The lowest BCUT2D eigenvalue weighted by atomic mass is 10.0. The summed E-state index contributed by atoms with van der Waals surface area (Å²) in [5, 5.41) is 5.76. The molecule has 1 aliphatic rings. The highest BCUT2D eigenvalue weighted by Crippen LogP contribution is 2.27. The Morgan fingerprint density at radius 1 is 1.20 bits per heavy atom. The maximum Gasteiger partial charge on any atom is 0.317 e. The van der Waals surface area contributed by atoms with Crippen LogP contribution in [0.3, 0.4) is 0 Å². The van der Waals surface area contributed by atoms with E-state index in [1.165, 1.54) is 0 Å². The molecule has 2 N–H and O–H groups in total. The number of nitrogens with zero attached hydrogens (tertiary/aromatic N) is 1. The molecule has 30 heavy (non-hydrogen) atoms. The third-order valence-electron chi connectivity index (χ3n) is 4.99. The van der Waals surface area contributed by atoms with Crippen LogP contribution in [0.5, 0.6) is 11.5 Å². The number of anilines is 1. The third-order valence-corrected chi connectivity index (χ3v) is 4.99. The van der Waals surface area contributed by atoms with Crippen LogP contribution < -0.4 is 20.1 Å². The molecule has 1 aliphatic heterocycles. The molecule has 0 unspecified atom stereocenters. The van der Waals surface area contributed by atoms with Crippen molar-refractivity contribution in [2.24, 2.45) is 0 Å². The summed E-state index contributed by atoms with van der Waals surface area (Å²) in [5.41, 5.74) is 3.71. The number of urea groups is 1. The van der Waals surface area contributed by atoms with Crippen molar-refractivity contribution in [1.82, 2.24) is 10.2 Å². The molecule has 0 spiro atoms. The molecule has 0 saturated heterocycles. The van der Waals surface area contributed by atoms with Crippen LogP contribution in [0.15, 0.2) is 36.4 Å². The van der Waals surface area contributed by atoms with E-state index in [9.17, 15) is 9.59 Å². The van der Waals surface area contributed by atoms with Crippen molar-refractivity contribution < 1.29 is 19.1 Å². The first-order valence-corrected chi connectivity index (χ1v) is 10.2. The Bertz CT molecular complexity index is 913. The van der Waals surface area contributed by atoms with Gasteiger partial charge in [-0.2, -0.15) is 0 Å². The van der Waals surface area contributed by atoms with Crippen molar-refractivity contribution >= 4 is 17.6 Å². The number of hydrogen-bond donors (Lipinski definition) is 2. The van der Waals surface area contributed by atoms with Gasteiger partial charge in [0.2, 0.25) is 5.91 Å². The molecular formula is C23H29N3O4. The van der Waals surface area contributed by atoms with Gasteiger partial charge in [0.05, 0.1) is 25.9 Å². The van der Waals surface area contributed by atoms with Gasteiger partial charge in [-0.25, -0.2) is 4.79 Å². The summed E-state index contributed by atoms with van der Waals surface area (Å²) < 4.78 is 11.1. The zero-order chi connectivity index (χ0) is 21.5. The molecule has 7 nitrogen and oxygen atoms in total. The lowest BCUT2D eigenvalue weighted by molar-refractivity contribution is -0.116. The lowest BCUT2D eigenvalue weighted by Crippen LogP contribution is -2.40. The summed E-state index contributed by atoms with van der Waals surface area (Å²) in [7, 11) is 1.59. The Morgan fingerprint density at radius 2 is 2.03 bits per heavy atom. The normalized spacial score (nSPS) is 13.0. The zero-order valence-corrected chi connectivity index (χ0v) is 17.8. The van der Waals surface area contributed by atoms with Crippen molar-refractivity contribution in [3.63, 3.8) is 0 Å². The van der Waals surface area contributed by atoms with Crippen LogP contribution in [0.4, 0.5) is 10.5 Å². The summed E-state index contributed by atoms with van der Waals surface area (Å²) in [5.74, 6) is 1.36. The number of hydrogen-bond acceptors (Lipinski definition) is 4. The highest BCUT2D eigenvalue weighted by atomic mass is 16.5. The van der Waals surface area contributed by atoms with Gasteiger partial charge in [0, 0.05) is 18.5 Å². The molecule has 1 heterocycles. The van der Waals surface area contributed by atoms with Gasteiger partial charge < -0.3 is 25.0 Å². The van der Waals surface area contributed by atoms with Crippen molar-refractivity contribution in [2.45, 2.75) is 33.2 Å². The van der Waals surface area contributed by atoms with Gasteiger partial charge in [0.1, 0.15) is 18.1 Å². The number of carbonyl (C=O) groups is 2. The second-order valence-corrected chi connectivity index (χ2v) is 7.30. The molecule has 0 atom stereocenters. The van der Waals surface area contributed by atoms with Crippen molar-refractivity contribution in [3.8, 4) is 11.5 Å². The minimum Gasteiger partial charge on any atom is -0.495 e. The van der Waals surface area contributed by atoms with Gasteiger partial charge in [-0.15, -0.1) is 0 Å². The van der Waals surface area contributed by atoms with Gasteiger partial charge in [-0.3, -0.25) is 4.79 Å². The fourth-order valence-electron chi connectivity index (χ4n) is 3.43. The van der Waals surface area contributed by atoms with E-state index in [2.05, 4.69) is 10.6 Å². The van der Waals surface area contributed by atoms with E-state index in [-0.39, 0.29) is 11.9 Å². The number of ether oxygens (including phenoxy) is 2. The SMILES string of the molecule is CCNC(=O)N1CCOc2ccc(CCC(=O)Nc3cc(C)ccc3OC)cc2C1. The number of methoxy groups -OCH3 is 1. The third kappa shape index (κ3) is 5.43. The standard InChI is InChI=1S/C23H29N3O4/c1-4-24-23(28)26-11-12-30-20-9-6-17(14-18(20)15-26)7-10-22(27)25-19-13-16(2)5-8-21(19)29-3/h5-6,8-9,13-14H,4,7,10-12,15H2,1-3H3,(H,24,28)(H,25,27). The van der Waals surface area contributed by atoms with Gasteiger partial charge in [-0.1, -0.05) is 18.2 Å². The Balaban J connectivity index is 1.63. The van der Waals surface area contributed by atoms with Crippen LogP contribution in [0.25, 0.3) is 0 Å². The maximum atomic E-state index is 12.5. The van der Waals surface area contributed by atoms with E-state index in [0.717, 1.165) is 22.4 Å². The van der Waals surface area contributed by atoms with Crippen LogP contribution >= 0.6 is 0 Å². The van der Waals surface area contributed by atoms with Crippen LogP contribution in [0.1, 0.15) is 30.0 Å². The van der Waals surface area contributed by atoms with E-state index < -0.39 is 0 Å². The number of rotatable bonds is 6. The van der Waals surface area contributed by atoms with Crippen molar-refractivity contribution in [1.29, 1.82) is 0 Å². The predicted molar refractivity (Wildman–Crippen MR) is 116 cm³/mol. The van der Waals surface area contributed by atoms with E-state index in [0.29, 0.717) is 50.5 Å². The average molecular weight is 412 g/mol. The van der Waals surface area contributed by atoms with E-state index in [1.807, 2.05) is 50.2 Å². The molecule has 3 rings (SSSR count). The first-order chi connectivity index (χ1) is 14.5. The second-order valence-electron chi connectivity index (χ2n) is 7.30. The number of nitrogens with one attached hydrogen (secondary N) is 2. The molecule has 0 aromatic heterocycles. The minimum absolute atomic E-state index is 0.0750. The van der Waals surface area contributed by atoms with Gasteiger partial charge in [0.25, 0.3) is 0 Å². The highest BCUT2D eigenvalue weighted by Gasteiger charge is 2.19. The predicted octanol–water partition coefficient (Wildman–Crippen LogP) is 3.50. The fourth-order valence-corrected chi connectivity index (χ4v) is 3.43. The minimum atomic E-state index is -0.0918. The largest absolute Gasteiger partial charge is 0.495 e. The topological polar surface area (TPSA) is 79.9 Å². The molecule has 0 saturated carbocycles. The monoisotopic (exact) mass is 411 g/mol. The van der Waals surface area contributed by atoms with Gasteiger partial charge in [0.15, 0.2) is 0 Å². The molecule has 0 bridgehead atoms. The molecule has 3 amide bonds.